The Bertz CT molecular complexity index is 1090. The number of phenols is 1. The van der Waals surface area contributed by atoms with Crippen molar-refractivity contribution in [1.82, 2.24) is 10.2 Å². The molecule has 8 nitrogen and oxygen atoms in total. The third-order valence-electron chi connectivity index (χ3n) is 6.63. The number of carbonyl (C=O) groups excluding carboxylic acids is 2. The minimum atomic E-state index is -1.64. The van der Waals surface area contributed by atoms with Gasteiger partial charge >= 0.3 is 5.97 Å². The molecule has 2 amide bonds. The Labute approximate surface area is 192 Å². The molecule has 0 radical (unpaired) electrons. The molecular formula is C25H28N2O6. The van der Waals surface area contributed by atoms with Crippen LogP contribution in [0.4, 0.5) is 0 Å². The summed E-state index contributed by atoms with van der Waals surface area (Å²) in [7, 11) is 1.41. The largest absolute Gasteiger partial charge is 0.504 e. The highest BCUT2D eigenvalue weighted by Crippen LogP contribution is 2.53. The lowest BCUT2D eigenvalue weighted by molar-refractivity contribution is -0.152. The van der Waals surface area contributed by atoms with E-state index in [1.807, 2.05) is 44.2 Å². The smallest absolute Gasteiger partial charge is 0.324 e. The van der Waals surface area contributed by atoms with Crippen LogP contribution in [-0.2, 0) is 20.9 Å². The standard InChI is InChI=1S/C25H28N2O6/c1-14(2)12-25(24(31)32)19-18(20(26-25)16-10-7-11-17(33-3)21(16)28)22(29)27(23(19)30)13-15-8-5-4-6-9-15/h4-11,14,18-20,26,28H,12-13H2,1-3H3,(H,31,32)/t18-,19-,20+,25+/m1/s1. The maximum atomic E-state index is 13.6. The van der Waals surface area contributed by atoms with Crippen LogP contribution < -0.4 is 10.1 Å². The average molecular weight is 453 g/mol. The van der Waals surface area contributed by atoms with Gasteiger partial charge in [-0.2, -0.15) is 0 Å². The number of nitrogens with one attached hydrogen (secondary N) is 1. The monoisotopic (exact) mass is 452 g/mol. The highest BCUT2D eigenvalue weighted by Gasteiger charge is 2.68. The van der Waals surface area contributed by atoms with Crippen LogP contribution in [-0.4, -0.2) is 45.5 Å². The number of methoxy groups -OCH3 is 1. The summed E-state index contributed by atoms with van der Waals surface area (Å²) < 4.78 is 5.21. The number of rotatable bonds is 7. The van der Waals surface area contributed by atoms with Gasteiger partial charge < -0.3 is 14.9 Å². The summed E-state index contributed by atoms with van der Waals surface area (Å²) in [5, 5.41) is 24.2. The number of phenolic OH excluding ortho intramolecular Hbond substituents is 1. The number of para-hydroxylation sites is 1. The molecule has 2 aromatic rings. The van der Waals surface area contributed by atoms with E-state index in [0.29, 0.717) is 5.56 Å². The molecule has 3 N–H and O–H groups in total. The Morgan fingerprint density at radius 1 is 1.12 bits per heavy atom. The fourth-order valence-corrected chi connectivity index (χ4v) is 5.32. The predicted molar refractivity (Wildman–Crippen MR) is 119 cm³/mol. The molecule has 0 spiro atoms. The Morgan fingerprint density at radius 2 is 1.82 bits per heavy atom. The van der Waals surface area contributed by atoms with E-state index in [4.69, 9.17) is 4.74 Å². The van der Waals surface area contributed by atoms with Gasteiger partial charge in [-0.05, 0) is 24.0 Å². The number of likely N-dealkylation sites (tertiary alicyclic amines) is 1. The van der Waals surface area contributed by atoms with Crippen LogP contribution in [0.15, 0.2) is 48.5 Å². The van der Waals surface area contributed by atoms with Gasteiger partial charge in [0.1, 0.15) is 5.54 Å². The number of hydrogen-bond donors (Lipinski definition) is 3. The second kappa shape index (κ2) is 8.51. The summed E-state index contributed by atoms with van der Waals surface area (Å²) in [6.07, 6.45) is 0.156. The zero-order valence-corrected chi connectivity index (χ0v) is 18.8. The lowest BCUT2D eigenvalue weighted by Gasteiger charge is -2.32. The summed E-state index contributed by atoms with van der Waals surface area (Å²) in [5.41, 5.74) is -0.534. The highest BCUT2D eigenvalue weighted by atomic mass is 16.5. The lowest BCUT2D eigenvalue weighted by Crippen LogP contribution is -2.56. The number of aromatic hydroxyl groups is 1. The van der Waals surface area contributed by atoms with E-state index in [1.165, 1.54) is 7.11 Å². The predicted octanol–water partition coefficient (Wildman–Crippen LogP) is 2.72. The summed E-state index contributed by atoms with van der Waals surface area (Å²) in [4.78, 5) is 41.0. The molecule has 2 fully saturated rings. The topological polar surface area (TPSA) is 116 Å². The number of ether oxygens (including phenoxy) is 1. The molecule has 0 aromatic heterocycles. The molecule has 0 unspecified atom stereocenters. The Morgan fingerprint density at radius 3 is 2.42 bits per heavy atom. The van der Waals surface area contributed by atoms with Gasteiger partial charge in [0.15, 0.2) is 11.5 Å². The first-order valence-corrected chi connectivity index (χ1v) is 11.0. The van der Waals surface area contributed by atoms with E-state index in [2.05, 4.69) is 5.32 Å². The number of amides is 2. The van der Waals surface area contributed by atoms with Crippen LogP contribution in [0.25, 0.3) is 0 Å². The zero-order chi connectivity index (χ0) is 23.9. The molecule has 0 saturated carbocycles. The van der Waals surface area contributed by atoms with Crippen molar-refractivity contribution < 1.29 is 29.3 Å². The number of fused-ring (bicyclic) bond motifs is 1. The van der Waals surface area contributed by atoms with E-state index < -0.39 is 41.2 Å². The van der Waals surface area contributed by atoms with Crippen LogP contribution in [0, 0.1) is 17.8 Å². The summed E-state index contributed by atoms with van der Waals surface area (Å²) >= 11 is 0. The van der Waals surface area contributed by atoms with Crippen molar-refractivity contribution >= 4 is 17.8 Å². The molecule has 0 bridgehead atoms. The first-order chi connectivity index (χ1) is 15.7. The third-order valence-corrected chi connectivity index (χ3v) is 6.63. The SMILES string of the molecule is COc1cccc([C@@H]2N[C@](CC(C)C)(C(=O)O)[C@H]3C(=O)N(Cc4ccccc4)C(=O)[C@@H]23)c1O. The lowest BCUT2D eigenvalue weighted by atomic mass is 9.75. The normalized spacial score (nSPS) is 26.7. The molecule has 2 aromatic carbocycles. The number of carboxylic acids is 1. The second-order valence-corrected chi connectivity index (χ2v) is 9.15. The zero-order valence-electron chi connectivity index (χ0n) is 18.8. The number of carboxylic acid groups (broad SMARTS) is 1. The van der Waals surface area contributed by atoms with Crippen molar-refractivity contribution in [3.8, 4) is 11.5 Å². The van der Waals surface area contributed by atoms with Crippen molar-refractivity contribution in [1.29, 1.82) is 0 Å². The molecule has 33 heavy (non-hydrogen) atoms. The van der Waals surface area contributed by atoms with Gasteiger partial charge in [-0.25, -0.2) is 0 Å². The molecule has 0 aliphatic carbocycles. The van der Waals surface area contributed by atoms with Gasteiger partial charge in [0.2, 0.25) is 11.8 Å². The van der Waals surface area contributed by atoms with Crippen molar-refractivity contribution in [2.45, 2.75) is 38.4 Å². The molecule has 2 aliphatic heterocycles. The Kier molecular flexibility index (Phi) is 5.88. The number of nitrogens with zero attached hydrogens (tertiary/aromatic N) is 1. The van der Waals surface area contributed by atoms with Gasteiger partial charge in [0, 0.05) is 11.6 Å². The van der Waals surface area contributed by atoms with Gasteiger partial charge in [0.05, 0.1) is 25.5 Å². The fraction of sp³-hybridized carbons (Fsp3) is 0.400. The maximum absolute atomic E-state index is 13.6. The van der Waals surface area contributed by atoms with Gasteiger partial charge in [-0.3, -0.25) is 24.6 Å². The van der Waals surface area contributed by atoms with Crippen LogP contribution in [0.2, 0.25) is 0 Å². The van der Waals surface area contributed by atoms with Crippen molar-refractivity contribution in [3.63, 3.8) is 0 Å². The number of hydrogen-bond acceptors (Lipinski definition) is 6. The molecule has 2 heterocycles. The molecule has 174 valence electrons. The molecule has 4 rings (SSSR count). The molecule has 2 aliphatic rings. The molecule has 2 saturated heterocycles. The number of imide groups is 1. The molecule has 8 heteroatoms. The average Bonchev–Trinajstić information content (AvgIpc) is 3.24. The summed E-state index contributed by atoms with van der Waals surface area (Å²) in [5.74, 6) is -4.21. The van der Waals surface area contributed by atoms with E-state index in [1.54, 1.807) is 18.2 Å². The number of benzene rings is 2. The first-order valence-electron chi connectivity index (χ1n) is 11.0. The van der Waals surface area contributed by atoms with Gasteiger partial charge in [-0.1, -0.05) is 56.3 Å². The fourth-order valence-electron chi connectivity index (χ4n) is 5.32. The van der Waals surface area contributed by atoms with Crippen molar-refractivity contribution in [2.24, 2.45) is 17.8 Å². The van der Waals surface area contributed by atoms with Gasteiger partial charge in [0.25, 0.3) is 0 Å². The highest BCUT2D eigenvalue weighted by molar-refractivity contribution is 6.09. The Balaban J connectivity index is 1.83. The van der Waals surface area contributed by atoms with E-state index in [0.717, 1.165) is 10.5 Å². The van der Waals surface area contributed by atoms with E-state index >= 15 is 0 Å². The number of aliphatic carboxylic acids is 1. The minimum absolute atomic E-state index is 0.0574. The second-order valence-electron chi connectivity index (χ2n) is 9.15. The third kappa shape index (κ3) is 3.64. The summed E-state index contributed by atoms with van der Waals surface area (Å²) in [6.45, 7) is 3.82. The quantitative estimate of drug-likeness (QED) is 0.553. The molecular weight excluding hydrogens is 424 g/mol. The van der Waals surface area contributed by atoms with Crippen molar-refractivity contribution in [2.75, 3.05) is 7.11 Å². The van der Waals surface area contributed by atoms with E-state index in [9.17, 15) is 24.6 Å². The van der Waals surface area contributed by atoms with Gasteiger partial charge in [-0.15, -0.1) is 0 Å². The first kappa shape index (κ1) is 22.8. The van der Waals surface area contributed by atoms with Crippen LogP contribution in [0.3, 0.4) is 0 Å². The minimum Gasteiger partial charge on any atom is -0.504 e. The molecule has 4 atom stereocenters. The van der Waals surface area contributed by atoms with Crippen LogP contribution >= 0.6 is 0 Å². The maximum Gasteiger partial charge on any atom is 0.324 e. The Hall–Kier alpha value is -3.39. The van der Waals surface area contributed by atoms with Crippen LogP contribution in [0.1, 0.15) is 37.4 Å². The number of carbonyl (C=O) groups is 3. The van der Waals surface area contributed by atoms with E-state index in [-0.39, 0.29) is 30.4 Å². The summed E-state index contributed by atoms with van der Waals surface area (Å²) in [6, 6.07) is 13.1. The van der Waals surface area contributed by atoms with Crippen LogP contribution in [0.5, 0.6) is 11.5 Å². The van der Waals surface area contributed by atoms with Crippen molar-refractivity contribution in [3.05, 3.63) is 59.7 Å².